The Labute approximate surface area is 102 Å². The number of ether oxygens (including phenoxy) is 1. The average molecular weight is 249 g/mol. The first kappa shape index (κ1) is 11.5. The van der Waals surface area contributed by atoms with Crippen molar-refractivity contribution in [3.05, 3.63) is 40.6 Å². The normalized spacial score (nSPS) is 9.94. The third-order valence-corrected chi connectivity index (χ3v) is 3.05. The van der Waals surface area contributed by atoms with E-state index in [1.807, 2.05) is 0 Å². The molecule has 1 amide bonds. The molecule has 0 atom stereocenters. The van der Waals surface area contributed by atoms with Crippen LogP contribution in [0.4, 0.5) is 5.69 Å². The van der Waals surface area contributed by atoms with Gasteiger partial charge in [-0.05, 0) is 23.6 Å². The van der Waals surface area contributed by atoms with Crippen molar-refractivity contribution in [1.29, 1.82) is 0 Å². The van der Waals surface area contributed by atoms with E-state index in [0.29, 0.717) is 16.3 Å². The van der Waals surface area contributed by atoms with E-state index in [1.165, 1.54) is 24.5 Å². The first-order valence-corrected chi connectivity index (χ1v) is 5.80. The van der Waals surface area contributed by atoms with Crippen LogP contribution in [-0.2, 0) is 0 Å². The Hall–Kier alpha value is -2.01. The van der Waals surface area contributed by atoms with E-state index < -0.39 is 0 Å². The summed E-state index contributed by atoms with van der Waals surface area (Å²) in [7, 11) is 1.52. The monoisotopic (exact) mass is 249 g/mol. The van der Waals surface area contributed by atoms with Crippen molar-refractivity contribution in [1.82, 2.24) is 0 Å². The van der Waals surface area contributed by atoms with Crippen molar-refractivity contribution in [3.63, 3.8) is 0 Å². The summed E-state index contributed by atoms with van der Waals surface area (Å²) in [5.41, 5.74) is 0.547. The van der Waals surface area contributed by atoms with Crippen LogP contribution < -0.4 is 10.1 Å². The predicted molar refractivity (Wildman–Crippen MR) is 66.9 cm³/mol. The first-order valence-electron chi connectivity index (χ1n) is 4.92. The number of phenolic OH excluding ortho intramolecular Hbond substituents is 1. The van der Waals surface area contributed by atoms with Gasteiger partial charge in [-0.1, -0.05) is 6.07 Å². The number of methoxy groups -OCH3 is 1. The van der Waals surface area contributed by atoms with E-state index in [9.17, 15) is 9.90 Å². The van der Waals surface area contributed by atoms with Crippen molar-refractivity contribution >= 4 is 22.9 Å². The van der Waals surface area contributed by atoms with Crippen LogP contribution in [0.1, 0.15) is 9.67 Å². The molecule has 2 aromatic rings. The van der Waals surface area contributed by atoms with Gasteiger partial charge in [0.25, 0.3) is 5.91 Å². The van der Waals surface area contributed by atoms with Gasteiger partial charge < -0.3 is 15.2 Å². The molecule has 0 fully saturated rings. The van der Waals surface area contributed by atoms with Crippen LogP contribution in [0.5, 0.6) is 11.5 Å². The van der Waals surface area contributed by atoms with Gasteiger partial charge in [0.05, 0.1) is 7.11 Å². The average Bonchev–Trinajstić information content (AvgIpc) is 2.77. The van der Waals surface area contributed by atoms with Gasteiger partial charge in [0.2, 0.25) is 0 Å². The number of hydrogen-bond donors (Lipinski definition) is 2. The van der Waals surface area contributed by atoms with Crippen LogP contribution >= 0.6 is 11.3 Å². The van der Waals surface area contributed by atoms with E-state index in [1.54, 1.807) is 29.6 Å². The highest BCUT2D eigenvalue weighted by atomic mass is 32.1. The lowest BCUT2D eigenvalue weighted by atomic mass is 10.3. The summed E-state index contributed by atoms with van der Waals surface area (Å²) in [6.07, 6.45) is 0. The smallest absolute Gasteiger partial charge is 0.269 e. The minimum absolute atomic E-state index is 0.112. The number of amides is 1. The van der Waals surface area contributed by atoms with Gasteiger partial charge in [0.1, 0.15) is 16.4 Å². The third kappa shape index (κ3) is 2.57. The number of anilines is 1. The van der Waals surface area contributed by atoms with E-state index in [-0.39, 0.29) is 11.7 Å². The van der Waals surface area contributed by atoms with Crippen molar-refractivity contribution < 1.29 is 14.6 Å². The highest BCUT2D eigenvalue weighted by Gasteiger charge is 2.13. The van der Waals surface area contributed by atoms with Gasteiger partial charge >= 0.3 is 0 Å². The predicted octanol–water partition coefficient (Wildman–Crippen LogP) is 2.71. The molecule has 0 unspecified atom stereocenters. The van der Waals surface area contributed by atoms with Gasteiger partial charge in [-0.15, -0.1) is 11.3 Å². The molecule has 0 saturated heterocycles. The maximum atomic E-state index is 11.9. The molecule has 4 nitrogen and oxygen atoms in total. The van der Waals surface area contributed by atoms with Crippen molar-refractivity contribution in [2.75, 3.05) is 12.4 Å². The van der Waals surface area contributed by atoms with Gasteiger partial charge in [-0.25, -0.2) is 0 Å². The third-order valence-electron chi connectivity index (χ3n) is 2.16. The standard InChI is InChI=1S/C12H11NO3S/c1-16-10-5-6-17-11(10)12(15)13-8-3-2-4-9(14)7-8/h2-7,14H,1H3,(H,13,15). The van der Waals surface area contributed by atoms with E-state index in [4.69, 9.17) is 4.74 Å². The summed E-state index contributed by atoms with van der Waals surface area (Å²) in [5.74, 6) is 0.413. The Bertz CT molecular complexity index is 536. The zero-order chi connectivity index (χ0) is 12.3. The fourth-order valence-electron chi connectivity index (χ4n) is 1.40. The second-order valence-electron chi connectivity index (χ2n) is 3.32. The van der Waals surface area contributed by atoms with Crippen molar-refractivity contribution in [2.24, 2.45) is 0 Å². The summed E-state index contributed by atoms with van der Waals surface area (Å²) in [6, 6.07) is 8.13. The molecule has 0 aliphatic heterocycles. The Morgan fingerprint density at radius 2 is 2.24 bits per heavy atom. The van der Waals surface area contributed by atoms with Crippen LogP contribution in [-0.4, -0.2) is 18.1 Å². The summed E-state index contributed by atoms with van der Waals surface area (Å²) in [5, 5.41) is 13.8. The number of hydrogen-bond acceptors (Lipinski definition) is 4. The summed E-state index contributed by atoms with van der Waals surface area (Å²) < 4.78 is 5.07. The number of nitrogens with one attached hydrogen (secondary N) is 1. The SMILES string of the molecule is COc1ccsc1C(=O)Nc1cccc(O)c1. The number of carbonyl (C=O) groups excluding carboxylic acids is 1. The zero-order valence-electron chi connectivity index (χ0n) is 9.14. The van der Waals surface area contributed by atoms with Gasteiger partial charge in [0.15, 0.2) is 0 Å². The van der Waals surface area contributed by atoms with Crippen LogP contribution in [0.25, 0.3) is 0 Å². The largest absolute Gasteiger partial charge is 0.508 e. The molecule has 17 heavy (non-hydrogen) atoms. The molecule has 5 heteroatoms. The maximum Gasteiger partial charge on any atom is 0.269 e. The van der Waals surface area contributed by atoms with Gasteiger partial charge in [-0.3, -0.25) is 4.79 Å². The Morgan fingerprint density at radius 3 is 2.94 bits per heavy atom. The Balaban J connectivity index is 2.17. The molecule has 2 rings (SSSR count). The summed E-state index contributed by atoms with van der Waals surface area (Å²) >= 11 is 1.31. The maximum absolute atomic E-state index is 11.9. The molecule has 1 aromatic heterocycles. The molecular weight excluding hydrogens is 238 g/mol. The fraction of sp³-hybridized carbons (Fsp3) is 0.0833. The van der Waals surface area contributed by atoms with Crippen LogP contribution in [0.15, 0.2) is 35.7 Å². The second kappa shape index (κ2) is 4.88. The number of rotatable bonds is 3. The quantitative estimate of drug-likeness (QED) is 0.879. The lowest BCUT2D eigenvalue weighted by Crippen LogP contribution is -2.11. The molecule has 0 spiro atoms. The summed E-state index contributed by atoms with van der Waals surface area (Å²) in [4.78, 5) is 12.4. The molecule has 1 aromatic carbocycles. The minimum atomic E-state index is -0.248. The number of aromatic hydroxyl groups is 1. The van der Waals surface area contributed by atoms with E-state index in [0.717, 1.165) is 0 Å². The number of benzene rings is 1. The molecule has 1 heterocycles. The van der Waals surface area contributed by atoms with E-state index in [2.05, 4.69) is 5.32 Å². The lowest BCUT2D eigenvalue weighted by molar-refractivity contribution is 0.102. The van der Waals surface area contributed by atoms with Crippen molar-refractivity contribution in [3.8, 4) is 11.5 Å². The minimum Gasteiger partial charge on any atom is -0.508 e. The fourth-order valence-corrected chi connectivity index (χ4v) is 2.15. The molecule has 0 radical (unpaired) electrons. The van der Waals surface area contributed by atoms with Crippen LogP contribution in [0.3, 0.4) is 0 Å². The number of phenols is 1. The van der Waals surface area contributed by atoms with Gasteiger partial charge in [-0.2, -0.15) is 0 Å². The topological polar surface area (TPSA) is 58.6 Å². The molecule has 0 aliphatic carbocycles. The molecular formula is C12H11NO3S. The first-order chi connectivity index (χ1) is 8.20. The van der Waals surface area contributed by atoms with Crippen LogP contribution in [0.2, 0.25) is 0 Å². The van der Waals surface area contributed by atoms with Crippen molar-refractivity contribution in [2.45, 2.75) is 0 Å². The molecule has 88 valence electrons. The summed E-state index contributed by atoms with van der Waals surface area (Å²) in [6.45, 7) is 0. The van der Waals surface area contributed by atoms with E-state index >= 15 is 0 Å². The number of carbonyl (C=O) groups is 1. The number of thiophene rings is 1. The molecule has 2 N–H and O–H groups in total. The van der Waals surface area contributed by atoms with Crippen LogP contribution in [0, 0.1) is 0 Å². The highest BCUT2D eigenvalue weighted by Crippen LogP contribution is 2.25. The second-order valence-corrected chi connectivity index (χ2v) is 4.24. The highest BCUT2D eigenvalue weighted by molar-refractivity contribution is 7.12. The molecule has 0 aliphatic rings. The zero-order valence-corrected chi connectivity index (χ0v) is 9.95. The Kier molecular flexibility index (Phi) is 3.30. The van der Waals surface area contributed by atoms with Gasteiger partial charge in [0, 0.05) is 11.8 Å². The molecule has 0 saturated carbocycles. The lowest BCUT2D eigenvalue weighted by Gasteiger charge is -2.05. The molecule has 0 bridgehead atoms. The Morgan fingerprint density at radius 1 is 1.41 bits per heavy atom.